The van der Waals surface area contributed by atoms with Gasteiger partial charge in [-0.25, -0.2) is 12.8 Å². The van der Waals surface area contributed by atoms with Crippen LogP contribution in [0.1, 0.15) is 36.0 Å². The quantitative estimate of drug-likeness (QED) is 0.827. The fourth-order valence-electron chi connectivity index (χ4n) is 4.22. The molecule has 2 aliphatic rings. The van der Waals surface area contributed by atoms with Crippen molar-refractivity contribution in [3.8, 4) is 0 Å². The summed E-state index contributed by atoms with van der Waals surface area (Å²) in [6.45, 7) is 2.38. The van der Waals surface area contributed by atoms with E-state index in [1.807, 2.05) is 12.1 Å². The molecule has 5 nitrogen and oxygen atoms in total. The molecule has 0 unspecified atom stereocenters. The fourth-order valence-corrected chi connectivity index (χ4v) is 5.74. The Kier molecular flexibility index (Phi) is 5.44. The number of carbonyl (C=O) groups excluding carboxylic acids is 1. The van der Waals surface area contributed by atoms with Crippen molar-refractivity contribution in [2.24, 2.45) is 5.92 Å². The van der Waals surface area contributed by atoms with E-state index < -0.39 is 10.0 Å². The van der Waals surface area contributed by atoms with Gasteiger partial charge in [0.05, 0.1) is 4.90 Å². The Morgan fingerprint density at radius 1 is 1.07 bits per heavy atom. The predicted molar refractivity (Wildman–Crippen MR) is 110 cm³/mol. The third-order valence-electron chi connectivity index (χ3n) is 5.98. The molecule has 7 heteroatoms. The molecule has 1 aliphatic heterocycles. The number of anilines is 1. The fraction of sp³-hybridized carbons (Fsp3) is 0.409. The molecule has 1 heterocycles. The number of benzene rings is 2. The summed E-state index contributed by atoms with van der Waals surface area (Å²) in [5.74, 6) is -0.745. The van der Waals surface area contributed by atoms with Crippen molar-refractivity contribution in [3.63, 3.8) is 0 Å². The molecule has 0 aromatic heterocycles. The second-order valence-corrected chi connectivity index (χ2v) is 9.85. The normalized spacial score (nSPS) is 17.9. The number of halogens is 1. The average molecular weight is 417 g/mol. The number of rotatable bonds is 4. The van der Waals surface area contributed by atoms with E-state index in [1.165, 1.54) is 22.0 Å². The average Bonchev–Trinajstić information content (AvgIpc) is 3.18. The van der Waals surface area contributed by atoms with Gasteiger partial charge < -0.3 is 5.32 Å². The van der Waals surface area contributed by atoms with Crippen LogP contribution >= 0.6 is 0 Å². The maximum absolute atomic E-state index is 13.2. The highest BCUT2D eigenvalue weighted by molar-refractivity contribution is 7.89. The van der Waals surface area contributed by atoms with Gasteiger partial charge in [-0.2, -0.15) is 4.31 Å². The van der Waals surface area contributed by atoms with Crippen LogP contribution in [0, 0.1) is 18.7 Å². The molecule has 2 aromatic carbocycles. The van der Waals surface area contributed by atoms with E-state index in [4.69, 9.17) is 0 Å². The summed E-state index contributed by atoms with van der Waals surface area (Å²) < 4.78 is 40.8. The Bertz CT molecular complexity index is 1040. The summed E-state index contributed by atoms with van der Waals surface area (Å²) >= 11 is 0. The molecule has 1 amide bonds. The van der Waals surface area contributed by atoms with Crippen LogP contribution in [0.3, 0.4) is 0 Å². The zero-order chi connectivity index (χ0) is 20.6. The number of nitrogens with one attached hydrogen (secondary N) is 1. The maximum atomic E-state index is 13.2. The van der Waals surface area contributed by atoms with Gasteiger partial charge in [0.2, 0.25) is 15.9 Å². The molecular formula is C22H25FN2O3S. The van der Waals surface area contributed by atoms with Crippen LogP contribution in [0.25, 0.3) is 0 Å². The number of hydrogen-bond donors (Lipinski definition) is 1. The molecule has 29 heavy (non-hydrogen) atoms. The predicted octanol–water partition coefficient (Wildman–Crippen LogP) is 3.66. The van der Waals surface area contributed by atoms with Gasteiger partial charge in [0.25, 0.3) is 0 Å². The van der Waals surface area contributed by atoms with Crippen molar-refractivity contribution < 1.29 is 17.6 Å². The number of hydrogen-bond acceptors (Lipinski definition) is 3. The lowest BCUT2D eigenvalue weighted by atomic mass is 9.97. The van der Waals surface area contributed by atoms with Gasteiger partial charge in [-0.05, 0) is 86.1 Å². The van der Waals surface area contributed by atoms with Gasteiger partial charge in [0, 0.05) is 24.7 Å². The van der Waals surface area contributed by atoms with Crippen LogP contribution < -0.4 is 5.32 Å². The third-order valence-corrected chi connectivity index (χ3v) is 7.87. The second-order valence-electron chi connectivity index (χ2n) is 7.91. The number of sulfonamides is 1. The lowest BCUT2D eigenvalue weighted by molar-refractivity contribution is -0.120. The molecule has 4 rings (SSSR count). The first-order valence-corrected chi connectivity index (χ1v) is 11.5. The first-order valence-electron chi connectivity index (χ1n) is 10.0. The topological polar surface area (TPSA) is 66.5 Å². The minimum absolute atomic E-state index is 0.144. The Morgan fingerprint density at radius 2 is 1.79 bits per heavy atom. The van der Waals surface area contributed by atoms with Crippen molar-refractivity contribution in [2.75, 3.05) is 18.4 Å². The van der Waals surface area contributed by atoms with Crippen molar-refractivity contribution in [1.29, 1.82) is 0 Å². The zero-order valence-corrected chi connectivity index (χ0v) is 17.3. The summed E-state index contributed by atoms with van der Waals surface area (Å²) in [6, 6.07) is 9.69. The van der Waals surface area contributed by atoms with E-state index in [2.05, 4.69) is 5.32 Å². The minimum Gasteiger partial charge on any atom is -0.326 e. The Morgan fingerprint density at radius 3 is 2.52 bits per heavy atom. The van der Waals surface area contributed by atoms with E-state index in [0.717, 1.165) is 24.8 Å². The molecule has 1 saturated heterocycles. The van der Waals surface area contributed by atoms with Crippen molar-refractivity contribution in [3.05, 3.63) is 58.9 Å². The van der Waals surface area contributed by atoms with Gasteiger partial charge >= 0.3 is 0 Å². The monoisotopic (exact) mass is 416 g/mol. The molecular weight excluding hydrogens is 391 g/mol. The molecule has 2 aromatic rings. The molecule has 1 aliphatic carbocycles. The van der Waals surface area contributed by atoms with E-state index in [9.17, 15) is 17.6 Å². The van der Waals surface area contributed by atoms with Gasteiger partial charge in [0.1, 0.15) is 5.82 Å². The molecule has 154 valence electrons. The van der Waals surface area contributed by atoms with E-state index >= 15 is 0 Å². The van der Waals surface area contributed by atoms with Crippen LogP contribution in [0.5, 0.6) is 0 Å². The SMILES string of the molecule is Cc1cc(F)ccc1NC(=O)C1CCN(S(=O)(=O)c2ccc3c(c2)CCC3)CC1. The van der Waals surface area contributed by atoms with E-state index in [0.29, 0.717) is 42.1 Å². The molecule has 1 fully saturated rings. The van der Waals surface area contributed by atoms with Crippen LogP contribution in [0.15, 0.2) is 41.3 Å². The highest BCUT2D eigenvalue weighted by Gasteiger charge is 2.32. The summed E-state index contributed by atoms with van der Waals surface area (Å²) in [5, 5.41) is 2.85. The minimum atomic E-state index is -3.54. The van der Waals surface area contributed by atoms with Crippen molar-refractivity contribution >= 4 is 21.6 Å². The largest absolute Gasteiger partial charge is 0.326 e. The van der Waals surface area contributed by atoms with Gasteiger partial charge in [-0.1, -0.05) is 6.07 Å². The molecule has 1 N–H and O–H groups in total. The van der Waals surface area contributed by atoms with Crippen LogP contribution in [0.2, 0.25) is 0 Å². The summed E-state index contributed by atoms with van der Waals surface area (Å²) in [4.78, 5) is 12.9. The standard InChI is InChI=1S/C22H25FN2O3S/c1-15-13-19(23)6-8-21(15)24-22(26)17-9-11-25(12-10-17)29(27,28)20-7-5-16-3-2-4-18(16)14-20/h5-8,13-14,17H,2-4,9-12H2,1H3,(H,24,26). The molecule has 0 atom stereocenters. The summed E-state index contributed by atoms with van der Waals surface area (Å²) in [6.07, 6.45) is 3.97. The van der Waals surface area contributed by atoms with Gasteiger partial charge in [-0.15, -0.1) is 0 Å². The molecule has 0 saturated carbocycles. The number of carbonyl (C=O) groups is 1. The molecule has 0 bridgehead atoms. The Hall–Kier alpha value is -2.25. The lowest BCUT2D eigenvalue weighted by Gasteiger charge is -2.30. The lowest BCUT2D eigenvalue weighted by Crippen LogP contribution is -2.41. The Balaban J connectivity index is 1.40. The summed E-state index contributed by atoms with van der Waals surface area (Å²) in [7, 11) is -3.54. The van der Waals surface area contributed by atoms with Crippen LogP contribution in [-0.2, 0) is 27.7 Å². The molecule has 0 radical (unpaired) electrons. The van der Waals surface area contributed by atoms with Crippen LogP contribution in [-0.4, -0.2) is 31.7 Å². The first kappa shape index (κ1) is 20.0. The smallest absolute Gasteiger partial charge is 0.243 e. The Labute approximate surface area is 171 Å². The van der Waals surface area contributed by atoms with E-state index in [1.54, 1.807) is 19.1 Å². The van der Waals surface area contributed by atoms with Crippen LogP contribution in [0.4, 0.5) is 10.1 Å². The number of nitrogens with zero attached hydrogens (tertiary/aromatic N) is 1. The number of piperidine rings is 1. The second kappa shape index (κ2) is 7.88. The van der Waals surface area contributed by atoms with Crippen molar-refractivity contribution in [2.45, 2.75) is 43.9 Å². The van der Waals surface area contributed by atoms with Gasteiger partial charge in [0.15, 0.2) is 0 Å². The number of aryl methyl sites for hydroxylation is 3. The maximum Gasteiger partial charge on any atom is 0.243 e. The van der Waals surface area contributed by atoms with Gasteiger partial charge in [-0.3, -0.25) is 4.79 Å². The first-order chi connectivity index (χ1) is 13.8. The highest BCUT2D eigenvalue weighted by atomic mass is 32.2. The highest BCUT2D eigenvalue weighted by Crippen LogP contribution is 2.29. The number of fused-ring (bicyclic) bond motifs is 1. The molecule has 0 spiro atoms. The summed E-state index contributed by atoms with van der Waals surface area (Å²) in [5.41, 5.74) is 3.63. The van der Waals surface area contributed by atoms with Crippen molar-refractivity contribution in [1.82, 2.24) is 4.31 Å². The number of amides is 1. The van der Waals surface area contributed by atoms with E-state index in [-0.39, 0.29) is 17.6 Å². The zero-order valence-electron chi connectivity index (χ0n) is 16.4. The third kappa shape index (κ3) is 4.07.